The normalized spacial score (nSPS) is 12.7. The third kappa shape index (κ3) is 2.86. The van der Waals surface area contributed by atoms with Gasteiger partial charge in [-0.05, 0) is 56.0 Å². The SMILES string of the molecule is OC(Cc1ccsc1)c1ccc(Cl)c(Br)c1. The van der Waals surface area contributed by atoms with Gasteiger partial charge in [-0.15, -0.1) is 0 Å². The quantitative estimate of drug-likeness (QED) is 0.887. The van der Waals surface area contributed by atoms with E-state index in [-0.39, 0.29) is 0 Å². The third-order valence-electron chi connectivity index (χ3n) is 2.34. The Morgan fingerprint density at radius 2 is 2.19 bits per heavy atom. The van der Waals surface area contributed by atoms with Gasteiger partial charge in [-0.25, -0.2) is 0 Å². The Morgan fingerprint density at radius 1 is 1.38 bits per heavy atom. The maximum Gasteiger partial charge on any atom is 0.0831 e. The average molecular weight is 318 g/mol. The van der Waals surface area contributed by atoms with Gasteiger partial charge in [0.25, 0.3) is 0 Å². The Labute approximate surface area is 112 Å². The van der Waals surface area contributed by atoms with Gasteiger partial charge < -0.3 is 5.11 Å². The number of hydrogen-bond acceptors (Lipinski definition) is 2. The summed E-state index contributed by atoms with van der Waals surface area (Å²) >= 11 is 10.9. The lowest BCUT2D eigenvalue weighted by Crippen LogP contribution is -2.00. The van der Waals surface area contributed by atoms with Crippen molar-refractivity contribution in [3.8, 4) is 0 Å². The molecule has 0 aliphatic heterocycles. The average Bonchev–Trinajstić information content (AvgIpc) is 2.74. The van der Waals surface area contributed by atoms with Gasteiger partial charge in [-0.3, -0.25) is 0 Å². The number of rotatable bonds is 3. The van der Waals surface area contributed by atoms with E-state index in [9.17, 15) is 5.11 Å². The standard InChI is InChI=1S/C12H10BrClOS/c13-10-6-9(1-2-11(10)14)12(15)5-8-3-4-16-7-8/h1-4,6-7,12,15H,5H2. The number of benzene rings is 1. The monoisotopic (exact) mass is 316 g/mol. The molecule has 1 N–H and O–H groups in total. The van der Waals surface area contributed by atoms with E-state index in [2.05, 4.69) is 15.9 Å². The van der Waals surface area contributed by atoms with Crippen LogP contribution in [0.5, 0.6) is 0 Å². The molecular formula is C12H10BrClOS. The molecule has 2 aromatic rings. The lowest BCUT2D eigenvalue weighted by Gasteiger charge is -2.10. The zero-order valence-corrected chi connectivity index (χ0v) is 11.5. The van der Waals surface area contributed by atoms with Crippen molar-refractivity contribution in [1.82, 2.24) is 0 Å². The number of aliphatic hydroxyl groups is 1. The minimum atomic E-state index is -0.483. The van der Waals surface area contributed by atoms with Crippen molar-refractivity contribution in [3.63, 3.8) is 0 Å². The van der Waals surface area contributed by atoms with Gasteiger partial charge in [0.05, 0.1) is 11.1 Å². The minimum absolute atomic E-state index is 0.483. The largest absolute Gasteiger partial charge is 0.388 e. The first-order valence-corrected chi connectivity index (χ1v) is 6.92. The van der Waals surface area contributed by atoms with Crippen LogP contribution in [0.25, 0.3) is 0 Å². The molecule has 0 aliphatic carbocycles. The minimum Gasteiger partial charge on any atom is -0.388 e. The molecule has 0 saturated carbocycles. The van der Waals surface area contributed by atoms with Crippen molar-refractivity contribution >= 4 is 38.9 Å². The maximum atomic E-state index is 10.0. The predicted octanol–water partition coefficient (Wildman–Crippen LogP) is 4.44. The highest BCUT2D eigenvalue weighted by Gasteiger charge is 2.10. The summed E-state index contributed by atoms with van der Waals surface area (Å²) in [5.41, 5.74) is 2.03. The molecule has 4 heteroatoms. The van der Waals surface area contributed by atoms with Crippen LogP contribution in [0, 0.1) is 0 Å². The Kier molecular flexibility index (Phi) is 4.03. The molecule has 1 unspecified atom stereocenters. The van der Waals surface area contributed by atoms with Crippen molar-refractivity contribution in [2.45, 2.75) is 12.5 Å². The molecule has 1 atom stereocenters. The first kappa shape index (κ1) is 12.1. The first-order valence-electron chi connectivity index (χ1n) is 4.81. The van der Waals surface area contributed by atoms with E-state index in [0.717, 1.165) is 15.6 Å². The van der Waals surface area contributed by atoms with Crippen molar-refractivity contribution in [1.29, 1.82) is 0 Å². The van der Waals surface area contributed by atoms with E-state index in [4.69, 9.17) is 11.6 Å². The fourth-order valence-corrected chi connectivity index (χ4v) is 2.67. The van der Waals surface area contributed by atoms with E-state index in [1.54, 1.807) is 17.4 Å². The van der Waals surface area contributed by atoms with E-state index < -0.39 is 6.10 Å². The summed E-state index contributed by atoms with van der Waals surface area (Å²) in [6.07, 6.45) is 0.153. The van der Waals surface area contributed by atoms with Crippen molar-refractivity contribution in [2.75, 3.05) is 0 Å². The third-order valence-corrected chi connectivity index (χ3v) is 4.28. The second kappa shape index (κ2) is 5.32. The van der Waals surface area contributed by atoms with Crippen LogP contribution >= 0.6 is 38.9 Å². The van der Waals surface area contributed by atoms with E-state index in [0.29, 0.717) is 11.4 Å². The zero-order chi connectivity index (χ0) is 11.5. The van der Waals surface area contributed by atoms with E-state index >= 15 is 0 Å². The van der Waals surface area contributed by atoms with Crippen molar-refractivity contribution in [2.24, 2.45) is 0 Å². The highest BCUT2D eigenvalue weighted by atomic mass is 79.9. The molecule has 1 heterocycles. The number of hydrogen-bond donors (Lipinski definition) is 1. The first-order chi connectivity index (χ1) is 7.66. The number of thiophene rings is 1. The van der Waals surface area contributed by atoms with Crippen LogP contribution in [0.4, 0.5) is 0 Å². The van der Waals surface area contributed by atoms with Crippen LogP contribution in [0.1, 0.15) is 17.2 Å². The summed E-state index contributed by atoms with van der Waals surface area (Å²) < 4.78 is 0.816. The molecule has 0 fully saturated rings. The molecule has 1 nitrogen and oxygen atoms in total. The Morgan fingerprint density at radius 3 is 2.81 bits per heavy atom. The fourth-order valence-electron chi connectivity index (χ4n) is 1.47. The fraction of sp³-hybridized carbons (Fsp3) is 0.167. The lowest BCUT2D eigenvalue weighted by molar-refractivity contribution is 0.178. The van der Waals surface area contributed by atoms with Crippen LogP contribution in [0.2, 0.25) is 5.02 Å². The number of halogens is 2. The molecule has 0 radical (unpaired) electrons. The van der Waals surface area contributed by atoms with Crippen LogP contribution in [0.3, 0.4) is 0 Å². The van der Waals surface area contributed by atoms with Gasteiger partial charge >= 0.3 is 0 Å². The Balaban J connectivity index is 2.14. The lowest BCUT2D eigenvalue weighted by atomic mass is 10.0. The van der Waals surface area contributed by atoms with Gasteiger partial charge in [-0.1, -0.05) is 17.7 Å². The Bertz CT molecular complexity index is 470. The maximum absolute atomic E-state index is 10.0. The zero-order valence-electron chi connectivity index (χ0n) is 8.36. The molecular weight excluding hydrogens is 308 g/mol. The van der Waals surface area contributed by atoms with Crippen LogP contribution in [-0.2, 0) is 6.42 Å². The number of aliphatic hydroxyl groups excluding tert-OH is 1. The molecule has 0 aliphatic rings. The summed E-state index contributed by atoms with van der Waals surface area (Å²) in [6, 6.07) is 7.53. The molecule has 1 aromatic heterocycles. The molecule has 0 spiro atoms. The summed E-state index contributed by atoms with van der Waals surface area (Å²) in [6.45, 7) is 0. The van der Waals surface area contributed by atoms with Crippen LogP contribution in [0.15, 0.2) is 39.5 Å². The van der Waals surface area contributed by atoms with Crippen molar-refractivity contribution < 1.29 is 5.11 Å². The van der Waals surface area contributed by atoms with Gasteiger partial charge in [0, 0.05) is 10.9 Å². The van der Waals surface area contributed by atoms with E-state index in [1.165, 1.54) is 0 Å². The van der Waals surface area contributed by atoms with Crippen LogP contribution in [-0.4, -0.2) is 5.11 Å². The molecule has 16 heavy (non-hydrogen) atoms. The summed E-state index contributed by atoms with van der Waals surface area (Å²) in [5, 5.41) is 14.8. The summed E-state index contributed by atoms with van der Waals surface area (Å²) in [5.74, 6) is 0. The summed E-state index contributed by atoms with van der Waals surface area (Å²) in [7, 11) is 0. The van der Waals surface area contributed by atoms with Gasteiger partial charge in [0.15, 0.2) is 0 Å². The van der Waals surface area contributed by atoms with Gasteiger partial charge in [-0.2, -0.15) is 11.3 Å². The van der Waals surface area contributed by atoms with Gasteiger partial charge in [0.1, 0.15) is 0 Å². The smallest absolute Gasteiger partial charge is 0.0831 e. The summed E-state index contributed by atoms with van der Waals surface area (Å²) in [4.78, 5) is 0. The van der Waals surface area contributed by atoms with Gasteiger partial charge in [0.2, 0.25) is 0 Å². The molecule has 84 valence electrons. The second-order valence-electron chi connectivity index (χ2n) is 3.53. The predicted molar refractivity (Wildman–Crippen MR) is 72.1 cm³/mol. The highest BCUT2D eigenvalue weighted by molar-refractivity contribution is 9.10. The highest BCUT2D eigenvalue weighted by Crippen LogP contribution is 2.27. The van der Waals surface area contributed by atoms with Crippen molar-refractivity contribution in [3.05, 3.63) is 55.6 Å². The topological polar surface area (TPSA) is 20.2 Å². The molecule has 0 amide bonds. The van der Waals surface area contributed by atoms with E-state index in [1.807, 2.05) is 29.0 Å². The molecule has 0 bridgehead atoms. The Hall–Kier alpha value is -0.350. The second-order valence-corrected chi connectivity index (χ2v) is 5.57. The molecule has 1 aromatic carbocycles. The van der Waals surface area contributed by atoms with Crippen LogP contribution < -0.4 is 0 Å². The molecule has 2 rings (SSSR count). The molecule has 0 saturated heterocycles.